The highest BCUT2D eigenvalue weighted by Crippen LogP contribution is 2.30. The van der Waals surface area contributed by atoms with E-state index in [0.717, 1.165) is 52.1 Å². The number of piperidine rings is 1. The largest absolute Gasteiger partial charge is 0.370 e. The maximum atomic E-state index is 12.2. The van der Waals surface area contributed by atoms with Crippen LogP contribution in [0.2, 0.25) is 0 Å². The molecule has 2 saturated heterocycles. The van der Waals surface area contributed by atoms with E-state index >= 15 is 0 Å². The summed E-state index contributed by atoms with van der Waals surface area (Å²) in [5, 5.41) is 3.42. The van der Waals surface area contributed by atoms with Crippen molar-refractivity contribution in [2.75, 3.05) is 45.0 Å². The first-order valence-corrected chi connectivity index (χ1v) is 14.2. The molecular formula is C27H36N4O2S. The van der Waals surface area contributed by atoms with Crippen molar-refractivity contribution in [2.24, 2.45) is 0 Å². The summed E-state index contributed by atoms with van der Waals surface area (Å²) in [7, 11) is -3.08. The van der Waals surface area contributed by atoms with Crippen LogP contribution in [0.4, 0.5) is 0 Å². The smallest absolute Gasteiger partial charge is 0.213 e. The van der Waals surface area contributed by atoms with E-state index < -0.39 is 10.0 Å². The number of benzene rings is 2. The van der Waals surface area contributed by atoms with Gasteiger partial charge in [-0.15, -0.1) is 0 Å². The van der Waals surface area contributed by atoms with E-state index in [0.29, 0.717) is 19.1 Å². The van der Waals surface area contributed by atoms with E-state index in [1.165, 1.54) is 27.8 Å². The minimum Gasteiger partial charge on any atom is -0.370 e. The first-order chi connectivity index (χ1) is 16.5. The summed E-state index contributed by atoms with van der Waals surface area (Å²) in [5.41, 5.74) is 6.53. The Bertz CT molecular complexity index is 1130. The molecule has 0 spiro atoms. The molecule has 3 heterocycles. The third-order valence-electron chi connectivity index (χ3n) is 7.47. The Labute approximate surface area is 204 Å². The zero-order valence-electron chi connectivity index (χ0n) is 20.1. The monoisotopic (exact) mass is 480 g/mol. The molecule has 0 amide bonds. The summed E-state index contributed by atoms with van der Waals surface area (Å²) in [6.07, 6.45) is 6.21. The van der Waals surface area contributed by atoms with E-state index in [2.05, 4.69) is 69.9 Å². The van der Waals surface area contributed by atoms with Gasteiger partial charge < -0.3 is 10.2 Å². The van der Waals surface area contributed by atoms with Crippen LogP contribution in [0, 0.1) is 0 Å². The van der Waals surface area contributed by atoms with E-state index in [4.69, 9.17) is 0 Å². The van der Waals surface area contributed by atoms with E-state index in [1.807, 2.05) is 0 Å². The van der Waals surface area contributed by atoms with Crippen molar-refractivity contribution in [3.63, 3.8) is 0 Å². The van der Waals surface area contributed by atoms with Crippen molar-refractivity contribution in [2.45, 2.75) is 38.9 Å². The molecule has 5 rings (SSSR count). The molecule has 2 fully saturated rings. The molecule has 0 unspecified atom stereocenters. The highest BCUT2D eigenvalue weighted by atomic mass is 32.2. The molecular weight excluding hydrogens is 444 g/mol. The number of rotatable bonds is 6. The van der Waals surface area contributed by atoms with Crippen LogP contribution in [0.5, 0.6) is 0 Å². The normalized spacial score (nSPS) is 20.4. The Balaban J connectivity index is 1.25. The lowest BCUT2D eigenvalue weighted by molar-refractivity contribution is 0.183. The lowest BCUT2D eigenvalue weighted by atomic mass is 9.95. The summed E-state index contributed by atoms with van der Waals surface area (Å²) >= 11 is 0. The standard InChI is InChI=1S/C27H36N4O2S/c1-2-34(32,33)31-14-9-27(10-15-31)30-13-8-25-19-24(6-7-26(25)21-30)23-5-3-4-22(18-23)20-29-16-11-28-12-17-29/h3-8,13,18-19,27-28H,2,9-12,14-17,20-21H2,1H3. The SMILES string of the molecule is CCS(=O)(=O)N1CCC(N2C=Cc3cc(-c4cccc(CN5CCNCC5)c4)ccc3C2)CC1. The first-order valence-electron chi connectivity index (χ1n) is 12.6. The van der Waals surface area contributed by atoms with Crippen LogP contribution >= 0.6 is 0 Å². The molecule has 0 aromatic heterocycles. The number of hydrogen-bond donors (Lipinski definition) is 1. The van der Waals surface area contributed by atoms with Gasteiger partial charge in [-0.3, -0.25) is 4.90 Å². The maximum Gasteiger partial charge on any atom is 0.213 e. The van der Waals surface area contributed by atoms with Gasteiger partial charge in [-0.05, 0) is 65.8 Å². The van der Waals surface area contributed by atoms with Crippen molar-refractivity contribution in [3.8, 4) is 11.1 Å². The summed E-state index contributed by atoms with van der Waals surface area (Å²) in [6.45, 7) is 9.24. The van der Waals surface area contributed by atoms with Gasteiger partial charge in [0.2, 0.25) is 10.0 Å². The highest BCUT2D eigenvalue weighted by molar-refractivity contribution is 7.89. The van der Waals surface area contributed by atoms with Gasteiger partial charge in [0.25, 0.3) is 0 Å². The van der Waals surface area contributed by atoms with Crippen molar-refractivity contribution >= 4 is 16.1 Å². The Hall–Kier alpha value is -2.19. The molecule has 182 valence electrons. The van der Waals surface area contributed by atoms with Gasteiger partial charge >= 0.3 is 0 Å². The molecule has 2 aromatic carbocycles. The van der Waals surface area contributed by atoms with Crippen LogP contribution in [0.3, 0.4) is 0 Å². The predicted octanol–water partition coefficient (Wildman–Crippen LogP) is 3.36. The number of sulfonamides is 1. The summed E-state index contributed by atoms with van der Waals surface area (Å²) < 4.78 is 26.0. The molecule has 6 nitrogen and oxygen atoms in total. The average molecular weight is 481 g/mol. The maximum absolute atomic E-state index is 12.2. The summed E-state index contributed by atoms with van der Waals surface area (Å²) in [5.74, 6) is 0.190. The number of hydrogen-bond acceptors (Lipinski definition) is 5. The van der Waals surface area contributed by atoms with E-state index in [-0.39, 0.29) is 5.75 Å². The number of piperazine rings is 1. The topological polar surface area (TPSA) is 55.9 Å². The Morgan fingerprint density at radius 3 is 2.50 bits per heavy atom. The zero-order chi connectivity index (χ0) is 23.5. The summed E-state index contributed by atoms with van der Waals surface area (Å²) in [4.78, 5) is 4.91. The number of nitrogens with zero attached hydrogens (tertiary/aromatic N) is 3. The molecule has 0 saturated carbocycles. The molecule has 0 atom stereocenters. The minimum absolute atomic E-state index is 0.190. The van der Waals surface area contributed by atoms with Gasteiger partial charge in [-0.25, -0.2) is 12.7 Å². The fourth-order valence-corrected chi connectivity index (χ4v) is 6.49. The molecule has 0 bridgehead atoms. The Morgan fingerprint density at radius 1 is 0.971 bits per heavy atom. The van der Waals surface area contributed by atoms with E-state index in [9.17, 15) is 8.42 Å². The second kappa shape index (κ2) is 10.2. The zero-order valence-corrected chi connectivity index (χ0v) is 20.9. The molecule has 2 aromatic rings. The van der Waals surface area contributed by atoms with Crippen LogP contribution in [0.1, 0.15) is 36.5 Å². The van der Waals surface area contributed by atoms with Crippen molar-refractivity contribution in [3.05, 3.63) is 65.4 Å². The second-order valence-electron chi connectivity index (χ2n) is 9.66. The van der Waals surface area contributed by atoms with Gasteiger partial charge in [0.15, 0.2) is 0 Å². The lowest BCUT2D eigenvalue weighted by Gasteiger charge is -2.39. The quantitative estimate of drug-likeness (QED) is 0.687. The van der Waals surface area contributed by atoms with E-state index in [1.54, 1.807) is 11.2 Å². The fraction of sp³-hybridized carbons (Fsp3) is 0.481. The molecule has 0 radical (unpaired) electrons. The molecule has 3 aliphatic heterocycles. The van der Waals surface area contributed by atoms with Crippen molar-refractivity contribution in [1.29, 1.82) is 0 Å². The molecule has 3 aliphatic rings. The van der Waals surface area contributed by atoms with Gasteiger partial charge in [0, 0.05) is 64.6 Å². The first kappa shape index (κ1) is 23.5. The van der Waals surface area contributed by atoms with Crippen LogP contribution < -0.4 is 5.32 Å². The predicted molar refractivity (Wildman–Crippen MR) is 139 cm³/mol. The minimum atomic E-state index is -3.08. The second-order valence-corrected chi connectivity index (χ2v) is 11.9. The number of fused-ring (bicyclic) bond motifs is 1. The molecule has 0 aliphatic carbocycles. The molecule has 7 heteroatoms. The fourth-order valence-electron chi connectivity index (χ4n) is 5.36. The van der Waals surface area contributed by atoms with Gasteiger partial charge in [-0.2, -0.15) is 0 Å². The van der Waals surface area contributed by atoms with Crippen molar-refractivity contribution in [1.82, 2.24) is 19.4 Å². The molecule has 34 heavy (non-hydrogen) atoms. The van der Waals surface area contributed by atoms with Crippen LogP contribution in [0.25, 0.3) is 17.2 Å². The molecule has 1 N–H and O–H groups in total. The lowest BCUT2D eigenvalue weighted by Crippen LogP contribution is -2.45. The Kier molecular flexibility index (Phi) is 7.06. The van der Waals surface area contributed by atoms with Gasteiger partial charge in [0.1, 0.15) is 0 Å². The van der Waals surface area contributed by atoms with Crippen molar-refractivity contribution < 1.29 is 8.42 Å². The Morgan fingerprint density at radius 2 is 1.74 bits per heavy atom. The van der Waals surface area contributed by atoms with Crippen LogP contribution in [0.15, 0.2) is 48.7 Å². The third-order valence-corrected chi connectivity index (χ3v) is 9.35. The van der Waals surface area contributed by atoms with Gasteiger partial charge in [-0.1, -0.05) is 30.3 Å². The third kappa shape index (κ3) is 5.23. The number of nitrogens with one attached hydrogen (secondary N) is 1. The average Bonchev–Trinajstić information content (AvgIpc) is 2.89. The van der Waals surface area contributed by atoms with Crippen LogP contribution in [-0.2, 0) is 23.1 Å². The van der Waals surface area contributed by atoms with Crippen LogP contribution in [-0.4, -0.2) is 73.6 Å². The van der Waals surface area contributed by atoms with Gasteiger partial charge in [0.05, 0.1) is 5.75 Å². The highest BCUT2D eigenvalue weighted by Gasteiger charge is 2.29. The summed E-state index contributed by atoms with van der Waals surface area (Å²) in [6, 6.07) is 16.2.